The van der Waals surface area contributed by atoms with Gasteiger partial charge in [-0.15, -0.1) is 0 Å². The Kier molecular flexibility index (Phi) is 6.04. The Labute approximate surface area is 157 Å². The summed E-state index contributed by atoms with van der Waals surface area (Å²) in [7, 11) is 1.69. The molecule has 0 amide bonds. The largest absolute Gasteiger partial charge is 0.379 e. The summed E-state index contributed by atoms with van der Waals surface area (Å²) in [6.07, 6.45) is 0.849. The molecule has 0 saturated heterocycles. The van der Waals surface area contributed by atoms with E-state index in [-0.39, 0.29) is 11.6 Å². The minimum Gasteiger partial charge on any atom is -0.379 e. The molecule has 0 unspecified atom stereocenters. The zero-order valence-electron chi connectivity index (χ0n) is 15.0. The number of nitrogens with zero attached hydrogens (tertiary/aromatic N) is 2. The van der Waals surface area contributed by atoms with Gasteiger partial charge >= 0.3 is 0 Å². The van der Waals surface area contributed by atoms with E-state index in [4.69, 9.17) is 21.3 Å². The summed E-state index contributed by atoms with van der Waals surface area (Å²) >= 11 is 6.03. The summed E-state index contributed by atoms with van der Waals surface area (Å²) < 4.78 is 6.86. The van der Waals surface area contributed by atoms with Crippen molar-refractivity contribution >= 4 is 22.5 Å². The zero-order chi connectivity index (χ0) is 18.5. The molecule has 3 aromatic rings. The highest BCUT2D eigenvalue weighted by atomic mass is 35.5. The minimum absolute atomic E-state index is 0.0538. The van der Waals surface area contributed by atoms with E-state index in [9.17, 15) is 4.79 Å². The first-order valence-corrected chi connectivity index (χ1v) is 9.13. The van der Waals surface area contributed by atoms with E-state index in [1.807, 2.05) is 36.4 Å². The summed E-state index contributed by atoms with van der Waals surface area (Å²) in [4.78, 5) is 18.1. The lowest BCUT2D eigenvalue weighted by molar-refractivity contribution is -0.698. The maximum Gasteiger partial charge on any atom is 0.266 e. The van der Waals surface area contributed by atoms with Gasteiger partial charge in [-0.25, -0.2) is 4.98 Å². The molecule has 136 valence electrons. The van der Waals surface area contributed by atoms with Gasteiger partial charge in [0, 0.05) is 18.6 Å². The molecule has 2 aromatic carbocycles. The predicted molar refractivity (Wildman–Crippen MR) is 104 cm³/mol. The Balaban J connectivity index is 2.20. The van der Waals surface area contributed by atoms with Gasteiger partial charge in [0.05, 0.1) is 29.7 Å². The number of methoxy groups -OCH3 is 1. The quantitative estimate of drug-likeness (QED) is 0.649. The number of para-hydroxylation sites is 1. The van der Waals surface area contributed by atoms with Crippen molar-refractivity contribution in [3.63, 3.8) is 0 Å². The number of hydrogen-bond donors (Lipinski definition) is 1. The van der Waals surface area contributed by atoms with E-state index in [1.165, 1.54) is 0 Å². The molecule has 1 aromatic heterocycles. The topological polar surface area (TPSA) is 60.7 Å². The third-order valence-corrected chi connectivity index (χ3v) is 4.68. The van der Waals surface area contributed by atoms with Crippen molar-refractivity contribution in [1.82, 2.24) is 9.55 Å². The van der Waals surface area contributed by atoms with Crippen molar-refractivity contribution < 1.29 is 10.1 Å². The van der Waals surface area contributed by atoms with Crippen LogP contribution in [0.2, 0.25) is 5.02 Å². The second kappa shape index (κ2) is 8.45. The van der Waals surface area contributed by atoms with Crippen LogP contribution in [0.25, 0.3) is 16.6 Å². The molecular weight excluding hydrogens is 350 g/mol. The molecule has 1 heterocycles. The molecule has 0 radical (unpaired) electrons. The van der Waals surface area contributed by atoms with Gasteiger partial charge in [0.1, 0.15) is 6.04 Å². The standard InChI is InChI=1S/C20H22ClN3O2/c1-3-17(22-12-13-26-2)19-23-18-7-5-4-6-16(18)20(25)24(19)15-10-8-14(21)9-11-15/h4-11,17,22H,3,12-13H2,1-2H3/p+1/t17-/m1/s1. The van der Waals surface area contributed by atoms with E-state index >= 15 is 0 Å². The van der Waals surface area contributed by atoms with Crippen LogP contribution < -0.4 is 10.9 Å². The first kappa shape index (κ1) is 18.6. The van der Waals surface area contributed by atoms with E-state index < -0.39 is 0 Å². The molecule has 0 fully saturated rings. The van der Waals surface area contributed by atoms with E-state index in [0.29, 0.717) is 17.0 Å². The summed E-state index contributed by atoms with van der Waals surface area (Å²) in [5.74, 6) is 0.745. The fourth-order valence-electron chi connectivity index (χ4n) is 3.08. The third-order valence-electron chi connectivity index (χ3n) is 4.43. The van der Waals surface area contributed by atoms with Gasteiger partial charge in [-0.3, -0.25) is 9.36 Å². The molecule has 0 aliphatic rings. The number of rotatable bonds is 7. The number of hydrogen-bond acceptors (Lipinski definition) is 3. The zero-order valence-corrected chi connectivity index (χ0v) is 15.7. The SMILES string of the molecule is CC[C@@H]([NH2+]CCOC)c1nc2ccccc2c(=O)n1-c1ccc(Cl)cc1. The van der Waals surface area contributed by atoms with Crippen LogP contribution in [-0.2, 0) is 4.74 Å². The van der Waals surface area contributed by atoms with Gasteiger partial charge in [0.25, 0.3) is 5.56 Å². The van der Waals surface area contributed by atoms with Crippen LogP contribution in [-0.4, -0.2) is 29.8 Å². The lowest BCUT2D eigenvalue weighted by Crippen LogP contribution is -2.86. The second-order valence-electron chi connectivity index (χ2n) is 6.14. The number of fused-ring (bicyclic) bond motifs is 1. The molecule has 3 rings (SSSR count). The molecular formula is C20H23ClN3O2+. The summed E-state index contributed by atoms with van der Waals surface area (Å²) in [6.45, 7) is 3.55. The maximum absolute atomic E-state index is 13.2. The number of ether oxygens (including phenoxy) is 1. The van der Waals surface area contributed by atoms with Crippen molar-refractivity contribution in [2.75, 3.05) is 20.3 Å². The summed E-state index contributed by atoms with van der Waals surface area (Å²) in [5, 5.41) is 3.42. The van der Waals surface area contributed by atoms with E-state index in [1.54, 1.807) is 23.8 Å². The number of aromatic nitrogens is 2. The van der Waals surface area contributed by atoms with Crippen molar-refractivity contribution in [2.45, 2.75) is 19.4 Å². The fraction of sp³-hybridized carbons (Fsp3) is 0.300. The molecule has 2 N–H and O–H groups in total. The van der Waals surface area contributed by atoms with Crippen molar-refractivity contribution in [3.05, 3.63) is 69.7 Å². The number of nitrogens with two attached hydrogens (primary N) is 1. The Morgan fingerprint density at radius 2 is 1.92 bits per heavy atom. The molecule has 5 nitrogen and oxygen atoms in total. The average Bonchev–Trinajstić information content (AvgIpc) is 2.66. The Morgan fingerprint density at radius 3 is 2.62 bits per heavy atom. The molecule has 1 atom stereocenters. The molecule has 0 bridgehead atoms. The highest BCUT2D eigenvalue weighted by Gasteiger charge is 2.22. The van der Waals surface area contributed by atoms with Crippen LogP contribution in [0.5, 0.6) is 0 Å². The number of halogens is 1. The van der Waals surface area contributed by atoms with E-state index in [2.05, 4.69) is 12.2 Å². The monoisotopic (exact) mass is 372 g/mol. The minimum atomic E-state index is -0.0634. The van der Waals surface area contributed by atoms with Crippen LogP contribution in [0.1, 0.15) is 25.2 Å². The Hall–Kier alpha value is -2.21. The van der Waals surface area contributed by atoms with Crippen LogP contribution >= 0.6 is 11.6 Å². The smallest absolute Gasteiger partial charge is 0.266 e. The highest BCUT2D eigenvalue weighted by Crippen LogP contribution is 2.19. The van der Waals surface area contributed by atoms with Gasteiger partial charge < -0.3 is 10.1 Å². The first-order valence-electron chi connectivity index (χ1n) is 8.75. The van der Waals surface area contributed by atoms with Gasteiger partial charge in [-0.2, -0.15) is 0 Å². The second-order valence-corrected chi connectivity index (χ2v) is 6.57. The summed E-state index contributed by atoms with van der Waals surface area (Å²) in [5.41, 5.74) is 1.43. The van der Waals surface area contributed by atoms with Gasteiger partial charge in [-0.05, 0) is 36.4 Å². The van der Waals surface area contributed by atoms with Crippen LogP contribution in [0.3, 0.4) is 0 Å². The average molecular weight is 373 g/mol. The van der Waals surface area contributed by atoms with Crippen molar-refractivity contribution in [1.29, 1.82) is 0 Å². The van der Waals surface area contributed by atoms with Gasteiger partial charge in [0.2, 0.25) is 0 Å². The molecule has 0 saturated carbocycles. The lowest BCUT2D eigenvalue weighted by Gasteiger charge is -2.19. The molecule has 26 heavy (non-hydrogen) atoms. The normalized spacial score (nSPS) is 12.4. The van der Waals surface area contributed by atoms with Crippen LogP contribution in [0, 0.1) is 0 Å². The molecule has 0 aliphatic carbocycles. The van der Waals surface area contributed by atoms with Crippen LogP contribution in [0.4, 0.5) is 0 Å². The van der Waals surface area contributed by atoms with Crippen LogP contribution in [0.15, 0.2) is 53.3 Å². The van der Waals surface area contributed by atoms with Gasteiger partial charge in [-0.1, -0.05) is 30.7 Å². The first-order chi connectivity index (χ1) is 12.7. The molecule has 0 spiro atoms. The predicted octanol–water partition coefficient (Wildman–Crippen LogP) is 2.70. The van der Waals surface area contributed by atoms with E-state index in [0.717, 1.165) is 30.0 Å². The van der Waals surface area contributed by atoms with Crippen molar-refractivity contribution in [2.24, 2.45) is 0 Å². The lowest BCUT2D eigenvalue weighted by atomic mass is 10.1. The number of quaternary nitrogens is 1. The Morgan fingerprint density at radius 1 is 1.19 bits per heavy atom. The fourth-order valence-corrected chi connectivity index (χ4v) is 3.21. The summed E-state index contributed by atoms with van der Waals surface area (Å²) in [6, 6.07) is 14.8. The molecule has 0 aliphatic heterocycles. The van der Waals surface area contributed by atoms with Crippen molar-refractivity contribution in [3.8, 4) is 5.69 Å². The third kappa shape index (κ3) is 3.80. The highest BCUT2D eigenvalue weighted by molar-refractivity contribution is 6.30. The number of benzene rings is 2. The van der Waals surface area contributed by atoms with Gasteiger partial charge in [0.15, 0.2) is 5.82 Å². The molecule has 6 heteroatoms. The maximum atomic E-state index is 13.2. The Bertz CT molecular complexity index is 938.